The Labute approximate surface area is 157 Å². The number of hydrogen-bond donors (Lipinski definition) is 1. The van der Waals surface area contributed by atoms with Crippen molar-refractivity contribution in [3.8, 4) is 5.06 Å². The minimum Gasteiger partial charge on any atom is -0.484 e. The molecule has 1 N–H and O–H groups in total. The van der Waals surface area contributed by atoms with Crippen LogP contribution in [0.1, 0.15) is 106 Å². The highest BCUT2D eigenvalue weighted by Gasteiger charge is 2.07. The van der Waals surface area contributed by atoms with E-state index in [9.17, 15) is 4.79 Å². The predicted octanol–water partition coefficient (Wildman–Crippen LogP) is 7.31. The highest BCUT2D eigenvalue weighted by atomic mass is 32.1. The Bertz CT molecular complexity index is 442. The van der Waals surface area contributed by atoms with Gasteiger partial charge in [0, 0.05) is 0 Å². The molecule has 0 bridgehead atoms. The third-order valence-electron chi connectivity index (χ3n) is 4.53. The topological polar surface area (TPSA) is 46.5 Å². The summed E-state index contributed by atoms with van der Waals surface area (Å²) in [6, 6.07) is 3.35. The third kappa shape index (κ3) is 12.0. The largest absolute Gasteiger partial charge is 0.484 e. The minimum atomic E-state index is -0.878. The first kappa shape index (κ1) is 22.0. The summed E-state index contributed by atoms with van der Waals surface area (Å²) in [5.41, 5.74) is 0. The molecule has 1 aromatic heterocycles. The monoisotopic (exact) mass is 368 g/mol. The molecule has 0 saturated heterocycles. The van der Waals surface area contributed by atoms with Crippen molar-refractivity contribution in [3.63, 3.8) is 0 Å². The van der Waals surface area contributed by atoms with Crippen LogP contribution in [0.5, 0.6) is 5.06 Å². The average molecular weight is 369 g/mol. The standard InChI is InChI=1S/C21H36O3S/c1-2-3-4-5-6-7-8-9-10-11-12-13-14-15-18-24-20-17-16-19(25-20)21(22)23/h16-17H,2-15,18H2,1H3,(H,22,23). The molecule has 0 radical (unpaired) electrons. The number of rotatable bonds is 17. The van der Waals surface area contributed by atoms with Gasteiger partial charge in [-0.25, -0.2) is 4.79 Å². The normalized spacial score (nSPS) is 10.9. The van der Waals surface area contributed by atoms with Crippen molar-refractivity contribution in [1.82, 2.24) is 0 Å². The number of ether oxygens (including phenoxy) is 1. The van der Waals surface area contributed by atoms with Crippen LogP contribution in [0.2, 0.25) is 0 Å². The van der Waals surface area contributed by atoms with E-state index in [1.165, 1.54) is 94.8 Å². The summed E-state index contributed by atoms with van der Waals surface area (Å²) in [5, 5.41) is 9.57. The fourth-order valence-electron chi connectivity index (χ4n) is 2.98. The lowest BCUT2D eigenvalue weighted by molar-refractivity contribution is 0.0702. The van der Waals surface area contributed by atoms with Crippen molar-refractivity contribution < 1.29 is 14.6 Å². The molecule has 3 nitrogen and oxygen atoms in total. The third-order valence-corrected chi connectivity index (χ3v) is 5.52. The van der Waals surface area contributed by atoms with E-state index in [-0.39, 0.29) is 0 Å². The van der Waals surface area contributed by atoms with Gasteiger partial charge in [0.2, 0.25) is 0 Å². The van der Waals surface area contributed by atoms with E-state index in [1.54, 1.807) is 12.1 Å². The summed E-state index contributed by atoms with van der Waals surface area (Å²) in [7, 11) is 0. The summed E-state index contributed by atoms with van der Waals surface area (Å²) in [5.74, 6) is -0.878. The first-order chi connectivity index (χ1) is 12.2. The number of hydrogen-bond acceptors (Lipinski definition) is 3. The minimum absolute atomic E-state index is 0.343. The molecule has 144 valence electrons. The molecular weight excluding hydrogens is 332 g/mol. The molecule has 0 saturated carbocycles. The van der Waals surface area contributed by atoms with Crippen molar-refractivity contribution >= 4 is 17.3 Å². The average Bonchev–Trinajstić information content (AvgIpc) is 3.07. The number of carboxylic acids is 1. The molecule has 0 atom stereocenters. The molecule has 0 fully saturated rings. The molecule has 1 heterocycles. The van der Waals surface area contributed by atoms with Crippen molar-refractivity contribution in [1.29, 1.82) is 0 Å². The van der Waals surface area contributed by atoms with Crippen LogP contribution in [-0.2, 0) is 0 Å². The van der Waals surface area contributed by atoms with Crippen molar-refractivity contribution in [2.24, 2.45) is 0 Å². The SMILES string of the molecule is CCCCCCCCCCCCCCCCOc1ccc(C(=O)O)s1. The summed E-state index contributed by atoms with van der Waals surface area (Å²) in [6.07, 6.45) is 18.9. The summed E-state index contributed by atoms with van der Waals surface area (Å²) < 4.78 is 5.60. The maximum Gasteiger partial charge on any atom is 0.345 e. The van der Waals surface area contributed by atoms with E-state index < -0.39 is 5.97 Å². The van der Waals surface area contributed by atoms with Gasteiger partial charge in [0.1, 0.15) is 4.88 Å². The highest BCUT2D eigenvalue weighted by molar-refractivity contribution is 7.15. The van der Waals surface area contributed by atoms with Gasteiger partial charge in [0.25, 0.3) is 0 Å². The fourth-order valence-corrected chi connectivity index (χ4v) is 3.70. The first-order valence-corrected chi connectivity index (χ1v) is 11.0. The number of thiophene rings is 1. The summed E-state index contributed by atoms with van der Waals surface area (Å²) in [6.45, 7) is 2.96. The van der Waals surface area contributed by atoms with Crippen molar-refractivity contribution in [3.05, 3.63) is 17.0 Å². The number of aromatic carboxylic acids is 1. The molecular formula is C21H36O3S. The van der Waals surface area contributed by atoms with Gasteiger partial charge < -0.3 is 9.84 Å². The number of unbranched alkanes of at least 4 members (excludes halogenated alkanes) is 13. The van der Waals surface area contributed by atoms with Gasteiger partial charge in [0.05, 0.1) is 6.61 Å². The Balaban J connectivity index is 1.79. The Kier molecular flexibility index (Phi) is 13.4. The van der Waals surface area contributed by atoms with Crippen LogP contribution < -0.4 is 4.74 Å². The quantitative estimate of drug-likeness (QED) is 0.293. The van der Waals surface area contributed by atoms with Crippen molar-refractivity contribution in [2.75, 3.05) is 6.61 Å². The zero-order valence-corrected chi connectivity index (χ0v) is 16.7. The van der Waals surface area contributed by atoms with Crippen LogP contribution >= 0.6 is 11.3 Å². The van der Waals surface area contributed by atoms with Crippen LogP contribution in [0.15, 0.2) is 12.1 Å². The molecule has 1 rings (SSSR count). The lowest BCUT2D eigenvalue weighted by atomic mass is 10.0. The van der Waals surface area contributed by atoms with E-state index in [0.29, 0.717) is 16.5 Å². The molecule has 0 aromatic carbocycles. The van der Waals surface area contributed by atoms with E-state index in [1.807, 2.05) is 0 Å². The molecule has 0 unspecified atom stereocenters. The maximum atomic E-state index is 10.8. The Hall–Kier alpha value is -1.03. The Morgan fingerprint density at radius 2 is 1.32 bits per heavy atom. The van der Waals surface area contributed by atoms with Gasteiger partial charge in [-0.15, -0.1) is 0 Å². The molecule has 0 aliphatic rings. The lowest BCUT2D eigenvalue weighted by Crippen LogP contribution is -1.95. The molecule has 0 aliphatic carbocycles. The van der Waals surface area contributed by atoms with E-state index >= 15 is 0 Å². The molecule has 0 spiro atoms. The van der Waals surface area contributed by atoms with E-state index in [2.05, 4.69) is 6.92 Å². The fraction of sp³-hybridized carbons (Fsp3) is 0.762. The Morgan fingerprint density at radius 3 is 1.76 bits per heavy atom. The van der Waals surface area contributed by atoms with Gasteiger partial charge in [-0.3, -0.25) is 0 Å². The Morgan fingerprint density at radius 1 is 0.840 bits per heavy atom. The van der Waals surface area contributed by atoms with Crippen LogP contribution in [0.3, 0.4) is 0 Å². The lowest BCUT2D eigenvalue weighted by Gasteiger charge is -2.04. The number of carbonyl (C=O) groups is 1. The maximum absolute atomic E-state index is 10.8. The molecule has 0 aliphatic heterocycles. The highest BCUT2D eigenvalue weighted by Crippen LogP contribution is 2.24. The van der Waals surface area contributed by atoms with E-state index in [4.69, 9.17) is 9.84 Å². The van der Waals surface area contributed by atoms with Crippen molar-refractivity contribution in [2.45, 2.75) is 96.8 Å². The smallest absolute Gasteiger partial charge is 0.345 e. The number of carboxylic acid groups (broad SMARTS) is 1. The van der Waals surface area contributed by atoms with Gasteiger partial charge in [-0.05, 0) is 18.6 Å². The van der Waals surface area contributed by atoms with Crippen LogP contribution in [0.4, 0.5) is 0 Å². The van der Waals surface area contributed by atoms with Gasteiger partial charge in [0.15, 0.2) is 5.06 Å². The second-order valence-electron chi connectivity index (χ2n) is 6.87. The van der Waals surface area contributed by atoms with Crippen LogP contribution in [0, 0.1) is 0 Å². The van der Waals surface area contributed by atoms with Gasteiger partial charge in [-0.1, -0.05) is 102 Å². The molecule has 1 aromatic rings. The molecule has 25 heavy (non-hydrogen) atoms. The zero-order valence-electron chi connectivity index (χ0n) is 15.9. The van der Waals surface area contributed by atoms with Gasteiger partial charge in [-0.2, -0.15) is 0 Å². The summed E-state index contributed by atoms with van der Waals surface area (Å²) >= 11 is 1.21. The zero-order chi connectivity index (χ0) is 18.2. The van der Waals surface area contributed by atoms with Crippen LogP contribution in [-0.4, -0.2) is 17.7 Å². The molecule has 4 heteroatoms. The van der Waals surface area contributed by atoms with E-state index in [0.717, 1.165) is 6.42 Å². The van der Waals surface area contributed by atoms with Crippen LogP contribution in [0.25, 0.3) is 0 Å². The van der Waals surface area contributed by atoms with Gasteiger partial charge >= 0.3 is 5.97 Å². The first-order valence-electron chi connectivity index (χ1n) is 10.2. The second kappa shape index (κ2) is 15.2. The summed E-state index contributed by atoms with van der Waals surface area (Å²) in [4.78, 5) is 11.1. The molecule has 0 amide bonds. The predicted molar refractivity (Wildman–Crippen MR) is 107 cm³/mol. The second-order valence-corrected chi connectivity index (χ2v) is 7.91.